The van der Waals surface area contributed by atoms with E-state index < -0.39 is 0 Å². The molecule has 0 aliphatic heterocycles. The Bertz CT molecular complexity index is 378. The minimum absolute atomic E-state index is 0.0347. The van der Waals surface area contributed by atoms with Crippen molar-refractivity contribution in [3.05, 3.63) is 29.3 Å². The minimum Gasteiger partial charge on any atom is -0.325 e. The first-order valence-electron chi connectivity index (χ1n) is 6.31. The van der Waals surface area contributed by atoms with Gasteiger partial charge in [0, 0.05) is 16.8 Å². The molecule has 1 amide bonds. The van der Waals surface area contributed by atoms with E-state index in [9.17, 15) is 4.79 Å². The van der Waals surface area contributed by atoms with Gasteiger partial charge in [0.1, 0.15) is 0 Å². The number of anilines is 1. The molecule has 2 N–H and O–H groups in total. The largest absolute Gasteiger partial charge is 0.325 e. The van der Waals surface area contributed by atoms with Crippen LogP contribution in [-0.4, -0.2) is 18.5 Å². The summed E-state index contributed by atoms with van der Waals surface area (Å²) in [5.41, 5.74) is 0.766. The highest BCUT2D eigenvalue weighted by Crippen LogP contribution is 2.13. The predicted molar refractivity (Wildman–Crippen MR) is 77.0 cm³/mol. The molecule has 3 nitrogen and oxygen atoms in total. The van der Waals surface area contributed by atoms with Crippen molar-refractivity contribution in [1.29, 1.82) is 0 Å². The molecule has 0 heterocycles. The van der Waals surface area contributed by atoms with Crippen LogP contribution in [0.3, 0.4) is 0 Å². The van der Waals surface area contributed by atoms with Crippen molar-refractivity contribution in [3.8, 4) is 0 Å². The molecule has 1 aromatic rings. The maximum Gasteiger partial charge on any atom is 0.238 e. The van der Waals surface area contributed by atoms with Gasteiger partial charge in [-0.05, 0) is 37.1 Å². The van der Waals surface area contributed by atoms with Crippen LogP contribution in [0.2, 0.25) is 5.02 Å². The van der Waals surface area contributed by atoms with Gasteiger partial charge in [-0.1, -0.05) is 31.9 Å². The summed E-state index contributed by atoms with van der Waals surface area (Å²) in [6.07, 6.45) is 1.10. The summed E-state index contributed by atoms with van der Waals surface area (Å²) in [5, 5.41) is 6.71. The molecule has 4 heteroatoms. The van der Waals surface area contributed by atoms with Crippen molar-refractivity contribution < 1.29 is 4.79 Å². The Hall–Kier alpha value is -1.06. The molecule has 0 aromatic heterocycles. The lowest BCUT2D eigenvalue weighted by Crippen LogP contribution is -2.37. The second-order valence-corrected chi connectivity index (χ2v) is 5.05. The van der Waals surface area contributed by atoms with Crippen molar-refractivity contribution in [2.75, 3.05) is 11.9 Å². The summed E-state index contributed by atoms with van der Waals surface area (Å²) in [6.45, 7) is 6.75. The molecule has 0 fully saturated rings. The van der Waals surface area contributed by atoms with E-state index in [1.807, 2.05) is 0 Å². The zero-order valence-electron chi connectivity index (χ0n) is 11.2. The molecule has 18 heavy (non-hydrogen) atoms. The fourth-order valence-corrected chi connectivity index (χ4v) is 1.67. The van der Waals surface area contributed by atoms with Gasteiger partial charge < -0.3 is 10.6 Å². The molecule has 1 aromatic carbocycles. The summed E-state index contributed by atoms with van der Waals surface area (Å²) >= 11 is 5.78. The molecule has 0 aliphatic rings. The summed E-state index contributed by atoms with van der Waals surface area (Å²) in [4.78, 5) is 11.7. The van der Waals surface area contributed by atoms with Crippen LogP contribution in [0, 0.1) is 5.92 Å². The first-order chi connectivity index (χ1) is 8.52. The molecule has 100 valence electrons. The topological polar surface area (TPSA) is 41.1 Å². The molecule has 0 saturated carbocycles. The maximum absolute atomic E-state index is 11.7. The monoisotopic (exact) mass is 268 g/mol. The third-order valence-corrected chi connectivity index (χ3v) is 3.46. The molecule has 0 radical (unpaired) electrons. The van der Waals surface area contributed by atoms with Crippen molar-refractivity contribution in [2.24, 2.45) is 5.92 Å². The SMILES string of the molecule is CCC(C)C(C)NCC(=O)Nc1ccc(Cl)cc1. The second-order valence-electron chi connectivity index (χ2n) is 4.61. The Morgan fingerprint density at radius 2 is 1.89 bits per heavy atom. The van der Waals surface area contributed by atoms with Crippen LogP contribution < -0.4 is 10.6 Å². The number of carbonyl (C=O) groups excluding carboxylic acids is 1. The van der Waals surface area contributed by atoms with E-state index >= 15 is 0 Å². The van der Waals surface area contributed by atoms with Gasteiger partial charge in [0.05, 0.1) is 6.54 Å². The van der Waals surface area contributed by atoms with Crippen LogP contribution in [0.5, 0.6) is 0 Å². The minimum atomic E-state index is -0.0347. The third kappa shape index (κ3) is 5.07. The lowest BCUT2D eigenvalue weighted by Gasteiger charge is -2.19. The van der Waals surface area contributed by atoms with Crippen LogP contribution in [0.25, 0.3) is 0 Å². The van der Waals surface area contributed by atoms with E-state index in [2.05, 4.69) is 31.4 Å². The van der Waals surface area contributed by atoms with Gasteiger partial charge in [-0.15, -0.1) is 0 Å². The van der Waals surface area contributed by atoms with Gasteiger partial charge in [0.15, 0.2) is 0 Å². The fraction of sp³-hybridized carbons (Fsp3) is 0.500. The zero-order valence-corrected chi connectivity index (χ0v) is 11.9. The number of hydrogen-bond donors (Lipinski definition) is 2. The van der Waals surface area contributed by atoms with Gasteiger partial charge in [-0.2, -0.15) is 0 Å². The van der Waals surface area contributed by atoms with Crippen LogP contribution in [0.4, 0.5) is 5.69 Å². The maximum atomic E-state index is 11.7. The molecule has 0 saturated heterocycles. The quantitative estimate of drug-likeness (QED) is 0.831. The zero-order chi connectivity index (χ0) is 13.5. The number of halogens is 1. The van der Waals surface area contributed by atoms with E-state index in [1.165, 1.54) is 0 Å². The summed E-state index contributed by atoms with van der Waals surface area (Å²) in [5.74, 6) is 0.529. The van der Waals surface area contributed by atoms with Gasteiger partial charge in [0.25, 0.3) is 0 Å². The van der Waals surface area contributed by atoms with Gasteiger partial charge >= 0.3 is 0 Å². The molecule has 2 atom stereocenters. The van der Waals surface area contributed by atoms with Gasteiger partial charge in [-0.25, -0.2) is 0 Å². The third-order valence-electron chi connectivity index (χ3n) is 3.21. The van der Waals surface area contributed by atoms with Gasteiger partial charge in [0.2, 0.25) is 5.91 Å². The summed E-state index contributed by atoms with van der Waals surface area (Å²) in [6, 6.07) is 7.43. The number of amides is 1. The highest BCUT2D eigenvalue weighted by Gasteiger charge is 2.11. The highest BCUT2D eigenvalue weighted by molar-refractivity contribution is 6.30. The van der Waals surface area contributed by atoms with Crippen LogP contribution >= 0.6 is 11.6 Å². The molecule has 0 spiro atoms. The number of nitrogens with one attached hydrogen (secondary N) is 2. The Labute approximate surface area is 114 Å². The lowest BCUT2D eigenvalue weighted by molar-refractivity contribution is -0.115. The standard InChI is InChI=1S/C14H21ClN2O/c1-4-10(2)11(3)16-9-14(18)17-13-7-5-12(15)6-8-13/h5-8,10-11,16H,4,9H2,1-3H3,(H,17,18). The Balaban J connectivity index is 2.36. The second kappa shape index (κ2) is 7.39. The Kier molecular flexibility index (Phi) is 6.16. The van der Waals surface area contributed by atoms with E-state index in [0.717, 1.165) is 12.1 Å². The van der Waals surface area contributed by atoms with E-state index in [4.69, 9.17) is 11.6 Å². The normalized spacial score (nSPS) is 14.0. The molecule has 1 rings (SSSR count). The van der Waals surface area contributed by atoms with Crippen LogP contribution in [-0.2, 0) is 4.79 Å². The average Bonchev–Trinajstić information content (AvgIpc) is 2.37. The smallest absolute Gasteiger partial charge is 0.238 e. The Morgan fingerprint density at radius 3 is 2.44 bits per heavy atom. The van der Waals surface area contributed by atoms with Gasteiger partial charge in [-0.3, -0.25) is 4.79 Å². The molecular formula is C14H21ClN2O. The highest BCUT2D eigenvalue weighted by atomic mass is 35.5. The number of hydrogen-bond acceptors (Lipinski definition) is 2. The van der Waals surface area contributed by atoms with E-state index in [0.29, 0.717) is 23.5 Å². The Morgan fingerprint density at radius 1 is 1.28 bits per heavy atom. The van der Waals surface area contributed by atoms with Crippen LogP contribution in [0.15, 0.2) is 24.3 Å². The molecule has 0 bridgehead atoms. The summed E-state index contributed by atoms with van der Waals surface area (Å²) in [7, 11) is 0. The first kappa shape index (κ1) is 15.0. The fourth-order valence-electron chi connectivity index (χ4n) is 1.55. The average molecular weight is 269 g/mol. The van der Waals surface area contributed by atoms with Crippen molar-refractivity contribution in [3.63, 3.8) is 0 Å². The van der Waals surface area contributed by atoms with Crippen molar-refractivity contribution in [1.82, 2.24) is 5.32 Å². The van der Waals surface area contributed by atoms with E-state index in [1.54, 1.807) is 24.3 Å². The predicted octanol–water partition coefficient (Wildman–Crippen LogP) is 3.30. The molecule has 0 aliphatic carbocycles. The number of rotatable bonds is 6. The van der Waals surface area contributed by atoms with Crippen LogP contribution in [0.1, 0.15) is 27.2 Å². The number of carbonyl (C=O) groups is 1. The number of benzene rings is 1. The van der Waals surface area contributed by atoms with Crippen molar-refractivity contribution in [2.45, 2.75) is 33.2 Å². The van der Waals surface area contributed by atoms with E-state index in [-0.39, 0.29) is 5.91 Å². The molecule has 2 unspecified atom stereocenters. The molecular weight excluding hydrogens is 248 g/mol. The lowest BCUT2D eigenvalue weighted by atomic mass is 10.0. The first-order valence-corrected chi connectivity index (χ1v) is 6.69. The summed E-state index contributed by atoms with van der Waals surface area (Å²) < 4.78 is 0. The van der Waals surface area contributed by atoms with Crippen molar-refractivity contribution >= 4 is 23.2 Å².